The molecule has 1 aromatic heterocycles. The van der Waals surface area contributed by atoms with Gasteiger partial charge >= 0.3 is 0 Å². The number of rotatable bonds is 2. The quantitative estimate of drug-likeness (QED) is 0.877. The Kier molecular flexibility index (Phi) is 3.20. The van der Waals surface area contributed by atoms with Gasteiger partial charge in [0.25, 0.3) is 0 Å². The molecule has 1 saturated carbocycles. The fourth-order valence-electron chi connectivity index (χ4n) is 6.17. The zero-order valence-electron chi connectivity index (χ0n) is 15.4. The molecule has 136 valence electrons. The fourth-order valence-corrected chi connectivity index (χ4v) is 7.18. The smallest absolute Gasteiger partial charge is 0.115 e. The molecule has 3 nitrogen and oxygen atoms in total. The van der Waals surface area contributed by atoms with Crippen LogP contribution in [0.3, 0.4) is 0 Å². The monoisotopic (exact) mass is 366 g/mol. The number of likely N-dealkylation sites (tertiary alicyclic amines) is 1. The predicted molar refractivity (Wildman–Crippen MR) is 104 cm³/mol. The van der Waals surface area contributed by atoms with Crippen molar-refractivity contribution in [1.29, 1.82) is 0 Å². The van der Waals surface area contributed by atoms with Crippen LogP contribution in [0.4, 0.5) is 0 Å². The minimum atomic E-state index is 0.185. The molecule has 1 saturated heterocycles. The lowest BCUT2D eigenvalue weighted by Crippen LogP contribution is -2.62. The lowest BCUT2D eigenvalue weighted by molar-refractivity contribution is 0.00542. The Morgan fingerprint density at radius 1 is 1.31 bits per heavy atom. The molecule has 1 N–H and O–H groups in total. The van der Waals surface area contributed by atoms with Crippen molar-refractivity contribution in [2.24, 2.45) is 11.8 Å². The van der Waals surface area contributed by atoms with Crippen molar-refractivity contribution in [3.63, 3.8) is 0 Å². The average molecular weight is 367 g/mol. The number of aromatic nitrogens is 1. The van der Waals surface area contributed by atoms with Crippen LogP contribution in [-0.2, 0) is 24.7 Å². The Balaban J connectivity index is 1.50. The van der Waals surface area contributed by atoms with E-state index in [-0.39, 0.29) is 5.41 Å². The largest absolute Gasteiger partial charge is 0.508 e. The number of thiazole rings is 1. The van der Waals surface area contributed by atoms with E-state index in [1.54, 1.807) is 0 Å². The summed E-state index contributed by atoms with van der Waals surface area (Å²) in [5.74, 6) is 2.06. The summed E-state index contributed by atoms with van der Waals surface area (Å²) < 4.78 is 0. The number of hydrogen-bond acceptors (Lipinski definition) is 4. The first-order valence-electron chi connectivity index (χ1n) is 10.1. The molecule has 26 heavy (non-hydrogen) atoms. The van der Waals surface area contributed by atoms with Gasteiger partial charge in [-0.3, -0.25) is 4.90 Å². The molecular formula is C22H26N2OS. The van der Waals surface area contributed by atoms with Crippen molar-refractivity contribution in [3.05, 3.63) is 44.9 Å². The number of benzene rings is 1. The minimum absolute atomic E-state index is 0.185. The number of piperidine rings is 1. The molecule has 4 aliphatic rings. The molecule has 6 rings (SSSR count). The molecule has 0 unspecified atom stereocenters. The van der Waals surface area contributed by atoms with Gasteiger partial charge in [-0.15, -0.1) is 11.3 Å². The van der Waals surface area contributed by atoms with Crippen LogP contribution in [0.15, 0.2) is 18.2 Å². The maximum absolute atomic E-state index is 10.2. The Morgan fingerprint density at radius 3 is 3.04 bits per heavy atom. The first kappa shape index (κ1) is 15.6. The summed E-state index contributed by atoms with van der Waals surface area (Å²) in [5.41, 5.74) is 4.43. The Bertz CT molecular complexity index is 886. The highest BCUT2D eigenvalue weighted by atomic mass is 32.1. The van der Waals surface area contributed by atoms with Gasteiger partial charge in [0.15, 0.2) is 0 Å². The van der Waals surface area contributed by atoms with E-state index in [0.717, 1.165) is 18.8 Å². The molecule has 2 bridgehead atoms. The molecule has 2 aromatic rings. The second-order valence-corrected chi connectivity index (χ2v) is 10.3. The van der Waals surface area contributed by atoms with Gasteiger partial charge in [0, 0.05) is 29.3 Å². The van der Waals surface area contributed by atoms with Crippen molar-refractivity contribution >= 4 is 11.3 Å². The molecular weight excluding hydrogens is 340 g/mol. The van der Waals surface area contributed by atoms with Crippen molar-refractivity contribution in [3.8, 4) is 5.75 Å². The minimum Gasteiger partial charge on any atom is -0.508 e. The van der Waals surface area contributed by atoms with E-state index in [2.05, 4.69) is 24.0 Å². The number of hydrogen-bond donors (Lipinski definition) is 1. The Labute approximate surface area is 159 Å². The van der Waals surface area contributed by atoms with Gasteiger partial charge < -0.3 is 5.11 Å². The van der Waals surface area contributed by atoms with E-state index >= 15 is 0 Å². The molecule has 0 amide bonds. The molecule has 3 aliphatic carbocycles. The van der Waals surface area contributed by atoms with Gasteiger partial charge in [0.1, 0.15) is 5.75 Å². The standard InChI is InChI=1S/C22H26N2OS/c1-13-23-19-11-22-6-7-24(12-14-2-3-14)20(18(22)10-21(19)26-13)8-15-4-5-16(25)9-17(15)22/h4-5,9,14,18,20,25H,2-3,6-8,10-12H2,1H3/t18-,20+,22+/m0/s1. The summed E-state index contributed by atoms with van der Waals surface area (Å²) in [6.07, 6.45) is 7.49. The molecule has 2 heterocycles. The molecule has 4 heteroatoms. The third-order valence-corrected chi connectivity index (χ3v) is 8.55. The van der Waals surface area contributed by atoms with Gasteiger partial charge in [-0.05, 0) is 80.7 Å². The highest BCUT2D eigenvalue weighted by Gasteiger charge is 2.56. The van der Waals surface area contributed by atoms with Crippen LogP contribution in [0.1, 0.15) is 46.0 Å². The highest BCUT2D eigenvalue weighted by molar-refractivity contribution is 7.11. The Hall–Kier alpha value is -1.39. The van der Waals surface area contributed by atoms with Crippen molar-refractivity contribution in [2.75, 3.05) is 13.1 Å². The van der Waals surface area contributed by atoms with E-state index < -0.39 is 0 Å². The van der Waals surface area contributed by atoms with Crippen molar-refractivity contribution < 1.29 is 5.11 Å². The molecule has 1 aliphatic heterocycles. The number of phenolic OH excluding ortho intramolecular Hbond substituents is 1. The molecule has 0 spiro atoms. The number of fused-ring (bicyclic) bond motifs is 2. The highest BCUT2D eigenvalue weighted by Crippen LogP contribution is 2.56. The number of phenols is 1. The fraction of sp³-hybridized carbons (Fsp3) is 0.591. The first-order chi connectivity index (χ1) is 12.6. The van der Waals surface area contributed by atoms with Crippen LogP contribution in [0.25, 0.3) is 0 Å². The summed E-state index contributed by atoms with van der Waals surface area (Å²) in [5, 5.41) is 11.4. The van der Waals surface area contributed by atoms with E-state index in [0.29, 0.717) is 17.7 Å². The van der Waals surface area contributed by atoms with Crippen molar-refractivity contribution in [2.45, 2.75) is 56.9 Å². The van der Waals surface area contributed by atoms with Crippen LogP contribution >= 0.6 is 11.3 Å². The van der Waals surface area contributed by atoms with E-state index in [9.17, 15) is 5.11 Å². The van der Waals surface area contributed by atoms with E-state index in [1.807, 2.05) is 17.4 Å². The zero-order valence-corrected chi connectivity index (χ0v) is 16.2. The zero-order chi connectivity index (χ0) is 17.5. The lowest BCUT2D eigenvalue weighted by atomic mass is 9.53. The summed E-state index contributed by atoms with van der Waals surface area (Å²) >= 11 is 1.91. The topological polar surface area (TPSA) is 36.4 Å². The summed E-state index contributed by atoms with van der Waals surface area (Å²) in [7, 11) is 0. The van der Waals surface area contributed by atoms with Gasteiger partial charge in [-0.25, -0.2) is 4.98 Å². The SMILES string of the molecule is Cc1nc2c(s1)C[C@H]1[C@H]3Cc4ccc(O)cc4[C@@]1(CCN3CC1CC1)C2. The van der Waals surface area contributed by atoms with Gasteiger partial charge in [0.2, 0.25) is 0 Å². The van der Waals surface area contributed by atoms with Gasteiger partial charge in [0.05, 0.1) is 10.7 Å². The maximum atomic E-state index is 10.2. The number of aromatic hydroxyl groups is 1. The van der Waals surface area contributed by atoms with Crippen LogP contribution in [-0.4, -0.2) is 34.1 Å². The molecule has 3 atom stereocenters. The van der Waals surface area contributed by atoms with Crippen LogP contribution in [0.2, 0.25) is 0 Å². The average Bonchev–Trinajstić information content (AvgIpc) is 3.35. The lowest BCUT2D eigenvalue weighted by Gasteiger charge is -2.58. The molecule has 2 fully saturated rings. The molecule has 0 radical (unpaired) electrons. The van der Waals surface area contributed by atoms with Crippen LogP contribution in [0, 0.1) is 18.8 Å². The second-order valence-electron chi connectivity index (χ2n) is 9.05. The normalized spacial score (nSPS) is 32.7. The third-order valence-electron chi connectivity index (χ3n) is 7.51. The van der Waals surface area contributed by atoms with Crippen LogP contribution < -0.4 is 0 Å². The summed E-state index contributed by atoms with van der Waals surface area (Å²) in [6, 6.07) is 6.83. The predicted octanol–water partition coefficient (Wildman–Crippen LogP) is 3.85. The Morgan fingerprint density at radius 2 is 2.19 bits per heavy atom. The summed E-state index contributed by atoms with van der Waals surface area (Å²) in [4.78, 5) is 9.26. The molecule has 1 aromatic carbocycles. The second kappa shape index (κ2) is 5.32. The van der Waals surface area contributed by atoms with E-state index in [1.165, 1.54) is 65.5 Å². The number of nitrogens with zero attached hydrogens (tertiary/aromatic N) is 2. The third kappa shape index (κ3) is 2.18. The van der Waals surface area contributed by atoms with E-state index in [4.69, 9.17) is 4.98 Å². The number of aryl methyl sites for hydroxylation is 1. The van der Waals surface area contributed by atoms with Gasteiger partial charge in [-0.2, -0.15) is 0 Å². The first-order valence-corrected chi connectivity index (χ1v) is 11.0. The maximum Gasteiger partial charge on any atom is 0.115 e. The van der Waals surface area contributed by atoms with Crippen molar-refractivity contribution in [1.82, 2.24) is 9.88 Å². The van der Waals surface area contributed by atoms with Gasteiger partial charge in [-0.1, -0.05) is 6.07 Å². The summed E-state index contributed by atoms with van der Waals surface area (Å²) in [6.45, 7) is 4.67. The van der Waals surface area contributed by atoms with Crippen LogP contribution in [0.5, 0.6) is 5.75 Å².